The largest absolute Gasteiger partial charge is 0.489 e. The predicted octanol–water partition coefficient (Wildman–Crippen LogP) is 2.47. The van der Waals surface area contributed by atoms with Crippen molar-refractivity contribution in [3.05, 3.63) is 53.1 Å². The molecule has 0 aliphatic heterocycles. The second-order valence-electron chi connectivity index (χ2n) is 4.63. The molecule has 2 aromatic heterocycles. The van der Waals surface area contributed by atoms with Crippen molar-refractivity contribution < 1.29 is 4.74 Å². The third kappa shape index (κ3) is 3.66. The summed E-state index contributed by atoms with van der Waals surface area (Å²) < 4.78 is 5.64. The zero-order valence-corrected chi connectivity index (χ0v) is 12.1. The molecule has 5 nitrogen and oxygen atoms in total. The Balaban J connectivity index is 2.32. The first kappa shape index (κ1) is 14.7. The summed E-state index contributed by atoms with van der Waals surface area (Å²) in [5.74, 6) is 6.36. The summed E-state index contributed by atoms with van der Waals surface area (Å²) in [6, 6.07) is 5.30. The van der Waals surface area contributed by atoms with Gasteiger partial charge in [-0.2, -0.15) is 0 Å². The number of pyridine rings is 2. The highest BCUT2D eigenvalue weighted by molar-refractivity contribution is 6.29. The molecular formula is C14H17ClN4O. The maximum atomic E-state index is 5.91. The van der Waals surface area contributed by atoms with E-state index in [0.717, 1.165) is 11.1 Å². The summed E-state index contributed by atoms with van der Waals surface area (Å²) >= 11 is 5.91. The van der Waals surface area contributed by atoms with Gasteiger partial charge < -0.3 is 4.74 Å². The SMILES string of the molecule is CC(C)Oc1cncc(C(NN)c2ccnc(Cl)c2)c1. The van der Waals surface area contributed by atoms with Gasteiger partial charge in [-0.25, -0.2) is 10.4 Å². The fourth-order valence-corrected chi connectivity index (χ4v) is 2.09. The van der Waals surface area contributed by atoms with Crippen LogP contribution < -0.4 is 16.0 Å². The molecular weight excluding hydrogens is 276 g/mol. The van der Waals surface area contributed by atoms with E-state index in [1.54, 1.807) is 24.7 Å². The molecule has 3 N–H and O–H groups in total. The van der Waals surface area contributed by atoms with Crippen LogP contribution in [0.3, 0.4) is 0 Å². The van der Waals surface area contributed by atoms with Gasteiger partial charge in [-0.1, -0.05) is 11.6 Å². The molecule has 106 valence electrons. The highest BCUT2D eigenvalue weighted by atomic mass is 35.5. The number of hydrogen-bond acceptors (Lipinski definition) is 5. The van der Waals surface area contributed by atoms with Crippen LogP contribution in [0.2, 0.25) is 5.15 Å². The zero-order valence-electron chi connectivity index (χ0n) is 11.4. The minimum Gasteiger partial charge on any atom is -0.489 e. The van der Waals surface area contributed by atoms with E-state index < -0.39 is 0 Å². The highest BCUT2D eigenvalue weighted by Gasteiger charge is 2.14. The van der Waals surface area contributed by atoms with E-state index in [0.29, 0.717) is 10.9 Å². The average molecular weight is 293 g/mol. The molecule has 2 rings (SSSR count). The van der Waals surface area contributed by atoms with Gasteiger partial charge in [0.05, 0.1) is 18.3 Å². The Bertz CT molecular complexity index is 577. The lowest BCUT2D eigenvalue weighted by atomic mass is 10.0. The minimum absolute atomic E-state index is 0.0895. The average Bonchev–Trinajstić information content (AvgIpc) is 2.39. The molecule has 0 spiro atoms. The molecule has 0 saturated carbocycles. The number of hydrazine groups is 1. The summed E-state index contributed by atoms with van der Waals surface area (Å²) in [6.07, 6.45) is 5.15. The Hall–Kier alpha value is -1.69. The van der Waals surface area contributed by atoms with E-state index in [4.69, 9.17) is 22.2 Å². The molecule has 0 aromatic carbocycles. The fourth-order valence-electron chi connectivity index (χ4n) is 1.91. The van der Waals surface area contributed by atoms with Crippen molar-refractivity contribution in [3.63, 3.8) is 0 Å². The van der Waals surface area contributed by atoms with Gasteiger partial charge in [-0.15, -0.1) is 0 Å². The van der Waals surface area contributed by atoms with Crippen LogP contribution in [-0.4, -0.2) is 16.1 Å². The summed E-state index contributed by atoms with van der Waals surface area (Å²) in [5.41, 5.74) is 4.57. The van der Waals surface area contributed by atoms with Gasteiger partial charge in [-0.05, 0) is 43.2 Å². The maximum Gasteiger partial charge on any atom is 0.138 e. The Labute approximate surface area is 123 Å². The zero-order chi connectivity index (χ0) is 14.5. The molecule has 0 fully saturated rings. The predicted molar refractivity (Wildman–Crippen MR) is 78.4 cm³/mol. The number of ether oxygens (including phenoxy) is 1. The van der Waals surface area contributed by atoms with E-state index >= 15 is 0 Å². The fraction of sp³-hybridized carbons (Fsp3) is 0.286. The Morgan fingerprint density at radius 3 is 2.70 bits per heavy atom. The minimum atomic E-state index is -0.223. The number of nitrogens with two attached hydrogens (primary N) is 1. The standard InChI is InChI=1S/C14H17ClN4O/c1-9(2)20-12-5-11(7-17-8-12)14(19-16)10-3-4-18-13(15)6-10/h3-9,14,19H,16H2,1-2H3. The summed E-state index contributed by atoms with van der Waals surface area (Å²) in [5, 5.41) is 0.422. The van der Waals surface area contributed by atoms with E-state index in [-0.39, 0.29) is 12.1 Å². The van der Waals surface area contributed by atoms with Gasteiger partial charge in [0.15, 0.2) is 0 Å². The van der Waals surface area contributed by atoms with Crippen LogP contribution in [0.5, 0.6) is 5.75 Å². The van der Waals surface area contributed by atoms with Gasteiger partial charge in [0.25, 0.3) is 0 Å². The van der Waals surface area contributed by atoms with Crippen LogP contribution in [0.1, 0.15) is 31.0 Å². The lowest BCUT2D eigenvalue weighted by molar-refractivity contribution is 0.241. The number of halogens is 1. The molecule has 0 saturated heterocycles. The maximum absolute atomic E-state index is 5.91. The van der Waals surface area contributed by atoms with Crippen molar-refractivity contribution in [1.82, 2.24) is 15.4 Å². The number of aromatic nitrogens is 2. The summed E-state index contributed by atoms with van der Waals surface area (Å²) in [7, 11) is 0. The van der Waals surface area contributed by atoms with Crippen molar-refractivity contribution in [1.29, 1.82) is 0 Å². The lowest BCUT2D eigenvalue weighted by Gasteiger charge is -2.18. The van der Waals surface area contributed by atoms with Crippen LogP contribution in [-0.2, 0) is 0 Å². The Kier molecular flexibility index (Phi) is 4.89. The molecule has 0 aliphatic rings. The molecule has 0 amide bonds. The molecule has 2 aromatic rings. The van der Waals surface area contributed by atoms with Crippen LogP contribution in [0.25, 0.3) is 0 Å². The summed E-state index contributed by atoms with van der Waals surface area (Å²) in [4.78, 5) is 8.15. The van der Waals surface area contributed by atoms with Crippen molar-refractivity contribution in [2.24, 2.45) is 5.84 Å². The van der Waals surface area contributed by atoms with Crippen molar-refractivity contribution in [3.8, 4) is 5.75 Å². The van der Waals surface area contributed by atoms with E-state index in [9.17, 15) is 0 Å². The van der Waals surface area contributed by atoms with E-state index in [2.05, 4.69) is 15.4 Å². The topological polar surface area (TPSA) is 73.1 Å². The van der Waals surface area contributed by atoms with Gasteiger partial charge in [0.2, 0.25) is 0 Å². The van der Waals surface area contributed by atoms with Gasteiger partial charge >= 0.3 is 0 Å². The third-order valence-corrected chi connectivity index (χ3v) is 2.90. The number of nitrogens with zero attached hydrogens (tertiary/aromatic N) is 2. The van der Waals surface area contributed by atoms with E-state index in [1.807, 2.05) is 26.0 Å². The second-order valence-corrected chi connectivity index (χ2v) is 5.02. The van der Waals surface area contributed by atoms with Crippen LogP contribution in [0, 0.1) is 0 Å². The van der Waals surface area contributed by atoms with Crippen LogP contribution in [0.4, 0.5) is 0 Å². The first-order chi connectivity index (χ1) is 9.60. The molecule has 20 heavy (non-hydrogen) atoms. The van der Waals surface area contributed by atoms with Crippen LogP contribution in [0.15, 0.2) is 36.8 Å². The number of rotatable bonds is 5. The molecule has 2 heterocycles. The molecule has 1 unspecified atom stereocenters. The smallest absolute Gasteiger partial charge is 0.138 e. The van der Waals surface area contributed by atoms with Crippen molar-refractivity contribution in [2.45, 2.75) is 26.0 Å². The highest BCUT2D eigenvalue weighted by Crippen LogP contribution is 2.25. The van der Waals surface area contributed by atoms with Crippen LogP contribution >= 0.6 is 11.6 Å². The van der Waals surface area contributed by atoms with Crippen molar-refractivity contribution >= 4 is 11.6 Å². The molecule has 0 aliphatic carbocycles. The van der Waals surface area contributed by atoms with E-state index in [1.165, 1.54) is 0 Å². The molecule has 1 atom stereocenters. The number of hydrogen-bond donors (Lipinski definition) is 2. The lowest BCUT2D eigenvalue weighted by Crippen LogP contribution is -2.29. The quantitative estimate of drug-likeness (QED) is 0.503. The first-order valence-electron chi connectivity index (χ1n) is 6.29. The van der Waals surface area contributed by atoms with Gasteiger partial charge in [0.1, 0.15) is 10.9 Å². The Morgan fingerprint density at radius 1 is 1.25 bits per heavy atom. The molecule has 0 bridgehead atoms. The normalized spacial score (nSPS) is 12.4. The summed E-state index contributed by atoms with van der Waals surface area (Å²) in [6.45, 7) is 3.93. The molecule has 6 heteroatoms. The first-order valence-corrected chi connectivity index (χ1v) is 6.67. The molecule has 0 radical (unpaired) electrons. The van der Waals surface area contributed by atoms with Crippen molar-refractivity contribution in [2.75, 3.05) is 0 Å². The monoisotopic (exact) mass is 292 g/mol. The second kappa shape index (κ2) is 6.65. The Morgan fingerprint density at radius 2 is 2.05 bits per heavy atom. The van der Waals surface area contributed by atoms with Gasteiger partial charge in [-0.3, -0.25) is 10.8 Å². The third-order valence-electron chi connectivity index (χ3n) is 2.69. The van der Waals surface area contributed by atoms with Gasteiger partial charge in [0, 0.05) is 12.4 Å². The number of nitrogens with one attached hydrogen (secondary N) is 1.